The van der Waals surface area contributed by atoms with Crippen molar-refractivity contribution in [3.8, 4) is 0 Å². The van der Waals surface area contributed by atoms with Crippen molar-refractivity contribution in [2.75, 3.05) is 7.05 Å². The van der Waals surface area contributed by atoms with Crippen LogP contribution in [0.4, 0.5) is 35.1 Å². The molecule has 1 atom stereocenters. The predicted octanol–water partition coefficient (Wildman–Crippen LogP) is 7.38. The molecule has 4 rings (SSSR count). The van der Waals surface area contributed by atoms with Gasteiger partial charge < -0.3 is 10.6 Å². The van der Waals surface area contributed by atoms with Crippen LogP contribution in [0.2, 0.25) is 0 Å². The molecule has 1 aliphatic rings. The quantitative estimate of drug-likeness (QED) is 0.229. The van der Waals surface area contributed by atoms with Gasteiger partial charge in [0, 0.05) is 6.04 Å². The van der Waals surface area contributed by atoms with Gasteiger partial charge in [-0.3, -0.25) is 4.79 Å². The summed E-state index contributed by atoms with van der Waals surface area (Å²) in [6.07, 6.45) is -4.33. The molecule has 40 heavy (non-hydrogen) atoms. The number of amides is 1. The lowest BCUT2D eigenvalue weighted by Crippen LogP contribution is -2.44. The van der Waals surface area contributed by atoms with E-state index in [0.29, 0.717) is 35.9 Å². The van der Waals surface area contributed by atoms with Gasteiger partial charge in [-0.05, 0) is 73.3 Å². The van der Waals surface area contributed by atoms with E-state index in [1.165, 1.54) is 32.7 Å². The molecule has 1 saturated carbocycles. The van der Waals surface area contributed by atoms with Gasteiger partial charge in [0.05, 0.1) is 16.7 Å². The predicted molar refractivity (Wildman–Crippen MR) is 134 cm³/mol. The van der Waals surface area contributed by atoms with Crippen LogP contribution >= 0.6 is 0 Å². The van der Waals surface area contributed by atoms with Crippen molar-refractivity contribution in [3.05, 3.63) is 106 Å². The monoisotopic (exact) mass is 572 g/mol. The van der Waals surface area contributed by atoms with Gasteiger partial charge in [0.1, 0.15) is 11.6 Å². The van der Waals surface area contributed by atoms with Crippen LogP contribution in [0.15, 0.2) is 66.7 Å². The molecule has 0 aliphatic heterocycles. The fourth-order valence-electron chi connectivity index (χ4n) is 4.85. The van der Waals surface area contributed by atoms with Crippen molar-refractivity contribution >= 4 is 6.41 Å². The second-order valence-electron chi connectivity index (χ2n) is 9.50. The van der Waals surface area contributed by atoms with Crippen molar-refractivity contribution in [3.63, 3.8) is 0 Å². The molecule has 3 aromatic rings. The molecule has 11 heteroatoms. The number of hydrogen-bond acceptors (Lipinski definition) is 2. The van der Waals surface area contributed by atoms with Gasteiger partial charge in [-0.2, -0.15) is 26.3 Å². The Morgan fingerprint density at radius 3 is 1.98 bits per heavy atom. The molecule has 0 heterocycles. The van der Waals surface area contributed by atoms with E-state index in [1.54, 1.807) is 30.3 Å². The third-order valence-electron chi connectivity index (χ3n) is 6.88. The Kier molecular flexibility index (Phi) is 9.94. The summed E-state index contributed by atoms with van der Waals surface area (Å²) in [5.74, 6) is -2.73. The highest BCUT2D eigenvalue weighted by molar-refractivity contribution is 5.47. The maximum Gasteiger partial charge on any atom is 0.419 e. The second-order valence-corrected chi connectivity index (χ2v) is 9.50. The van der Waals surface area contributed by atoms with Crippen LogP contribution in [0.3, 0.4) is 0 Å². The molecule has 1 amide bonds. The molecule has 0 aromatic heterocycles. The van der Waals surface area contributed by atoms with Crippen LogP contribution in [0.5, 0.6) is 0 Å². The lowest BCUT2D eigenvalue weighted by atomic mass is 9.77. The van der Waals surface area contributed by atoms with E-state index in [9.17, 15) is 39.9 Å². The van der Waals surface area contributed by atoms with E-state index in [-0.39, 0.29) is 17.5 Å². The Bertz CT molecular complexity index is 1270. The molecule has 2 N–H and O–H groups in total. The minimum absolute atomic E-state index is 0.131. The number of nitrogens with one attached hydrogen (secondary N) is 2. The summed E-state index contributed by atoms with van der Waals surface area (Å²) in [6.45, 7) is 0. The number of carbonyl (C=O) groups is 1. The van der Waals surface area contributed by atoms with E-state index in [4.69, 9.17) is 0 Å². The molecule has 3 nitrogen and oxygen atoms in total. The number of alkyl halides is 6. The maximum absolute atomic E-state index is 14.2. The zero-order chi connectivity index (χ0) is 29.6. The molecule has 1 unspecified atom stereocenters. The Hall–Kier alpha value is -3.47. The molecule has 0 saturated heterocycles. The number of halogens is 8. The number of benzene rings is 3. The third-order valence-corrected chi connectivity index (χ3v) is 6.88. The Morgan fingerprint density at radius 2 is 1.43 bits per heavy atom. The number of rotatable bonds is 7. The number of carbonyl (C=O) groups excluding carboxylic acids is 1. The second kappa shape index (κ2) is 12.8. The first-order valence-electron chi connectivity index (χ1n) is 12.5. The third kappa shape index (κ3) is 7.59. The summed E-state index contributed by atoms with van der Waals surface area (Å²) in [5, 5.41) is 5.54. The largest absolute Gasteiger partial charge is 0.419 e. The first-order valence-corrected chi connectivity index (χ1v) is 12.5. The Labute approximate surface area is 226 Å². The normalized spacial score (nSPS) is 15.6. The standard InChI is InChI=1S/C23H17F8N.C6H11NO/c1-32-21(13-14-5-3-2-4-6-14,15-7-8-20(25)19(12-15)23(29,30)31)16-9-17(22(26,27)28)11-18(24)10-16;8-5-7-6-3-1-2-4-6/h2-12,32H,13H2,1H3;5-6H,1-4H2,(H,7,8). The lowest BCUT2D eigenvalue weighted by Gasteiger charge is -2.36. The number of hydrogen-bond donors (Lipinski definition) is 2. The lowest BCUT2D eigenvalue weighted by molar-refractivity contribution is -0.140. The van der Waals surface area contributed by atoms with Crippen molar-refractivity contribution < 1.29 is 39.9 Å². The Balaban J connectivity index is 0.000000472. The summed E-state index contributed by atoms with van der Waals surface area (Å²) >= 11 is 0. The zero-order valence-electron chi connectivity index (χ0n) is 21.5. The molecule has 1 fully saturated rings. The zero-order valence-corrected chi connectivity index (χ0v) is 21.5. The molecule has 3 aromatic carbocycles. The first-order chi connectivity index (χ1) is 18.8. The van der Waals surface area contributed by atoms with E-state index >= 15 is 0 Å². The van der Waals surface area contributed by atoms with Gasteiger partial charge in [-0.25, -0.2) is 8.78 Å². The summed E-state index contributed by atoms with van der Waals surface area (Å²) in [5.41, 5.74) is -4.46. The summed E-state index contributed by atoms with van der Waals surface area (Å²) in [4.78, 5) is 9.85. The van der Waals surface area contributed by atoms with E-state index in [0.717, 1.165) is 18.5 Å². The average molecular weight is 573 g/mol. The van der Waals surface area contributed by atoms with E-state index < -0.39 is 40.7 Å². The summed E-state index contributed by atoms with van der Waals surface area (Å²) < 4.78 is 108. The van der Waals surface area contributed by atoms with Crippen LogP contribution < -0.4 is 10.6 Å². The van der Waals surface area contributed by atoms with Crippen molar-refractivity contribution in [2.45, 2.75) is 56.0 Å². The highest BCUT2D eigenvalue weighted by Gasteiger charge is 2.40. The van der Waals surface area contributed by atoms with E-state index in [1.807, 2.05) is 0 Å². The molecule has 0 radical (unpaired) electrons. The number of likely N-dealkylation sites (N-methyl/N-ethyl adjacent to an activating group) is 1. The van der Waals surface area contributed by atoms with Crippen LogP contribution in [0, 0.1) is 11.6 Å². The molecular formula is C29H28F8N2O. The Morgan fingerprint density at radius 1 is 0.800 bits per heavy atom. The minimum atomic E-state index is -5.04. The molecule has 0 spiro atoms. The fraction of sp³-hybridized carbons (Fsp3) is 0.345. The molecule has 1 aliphatic carbocycles. The van der Waals surface area contributed by atoms with Crippen molar-refractivity contribution in [1.82, 2.24) is 10.6 Å². The van der Waals surface area contributed by atoms with Crippen LogP contribution in [-0.4, -0.2) is 19.5 Å². The van der Waals surface area contributed by atoms with Gasteiger partial charge in [0.2, 0.25) is 6.41 Å². The summed E-state index contributed by atoms with van der Waals surface area (Å²) in [6, 6.07) is 12.7. The molecule has 0 bridgehead atoms. The molecular weight excluding hydrogens is 544 g/mol. The smallest absolute Gasteiger partial charge is 0.356 e. The first kappa shape index (κ1) is 31.1. The van der Waals surface area contributed by atoms with Crippen LogP contribution in [0.25, 0.3) is 0 Å². The fourth-order valence-corrected chi connectivity index (χ4v) is 4.85. The van der Waals surface area contributed by atoms with Gasteiger partial charge in [-0.15, -0.1) is 0 Å². The minimum Gasteiger partial charge on any atom is -0.356 e. The topological polar surface area (TPSA) is 41.1 Å². The van der Waals surface area contributed by atoms with Crippen molar-refractivity contribution in [2.24, 2.45) is 0 Å². The van der Waals surface area contributed by atoms with E-state index in [2.05, 4.69) is 10.6 Å². The SMILES string of the molecule is CNC(Cc1ccccc1)(c1cc(F)cc(C(F)(F)F)c1)c1ccc(F)c(C(F)(F)F)c1.O=CNC1CCCC1. The van der Waals surface area contributed by atoms with Gasteiger partial charge in [0.25, 0.3) is 0 Å². The van der Waals surface area contributed by atoms with Gasteiger partial charge in [0.15, 0.2) is 0 Å². The average Bonchev–Trinajstić information content (AvgIpc) is 3.41. The van der Waals surface area contributed by atoms with Gasteiger partial charge >= 0.3 is 12.4 Å². The highest BCUT2D eigenvalue weighted by Crippen LogP contribution is 2.40. The van der Waals surface area contributed by atoms with Gasteiger partial charge in [-0.1, -0.05) is 49.2 Å². The summed E-state index contributed by atoms with van der Waals surface area (Å²) in [7, 11) is 1.33. The maximum atomic E-state index is 14.2. The molecule has 216 valence electrons. The van der Waals surface area contributed by atoms with Crippen LogP contribution in [0.1, 0.15) is 53.5 Å². The van der Waals surface area contributed by atoms with Crippen LogP contribution in [-0.2, 0) is 29.1 Å². The highest BCUT2D eigenvalue weighted by atomic mass is 19.4. The van der Waals surface area contributed by atoms with Crippen molar-refractivity contribution in [1.29, 1.82) is 0 Å².